The van der Waals surface area contributed by atoms with E-state index in [-0.39, 0.29) is 20.4 Å². The second kappa shape index (κ2) is 3.86. The summed E-state index contributed by atoms with van der Waals surface area (Å²) in [4.78, 5) is 0. The molecule has 3 N–H and O–H groups in total. The first kappa shape index (κ1) is 11.1. The van der Waals surface area contributed by atoms with Gasteiger partial charge in [-0.05, 0) is 29.7 Å². The van der Waals surface area contributed by atoms with Gasteiger partial charge in [0.05, 0.1) is 5.71 Å². The maximum atomic E-state index is 9.01. The van der Waals surface area contributed by atoms with Crippen molar-refractivity contribution in [2.45, 2.75) is 6.42 Å². The molecular formula is C11H14N2ORe. The Balaban J connectivity index is 0.000000853. The molecule has 4 unspecified atom stereocenters. The predicted octanol–water partition coefficient (Wildman–Crippen LogP) is 1.15. The summed E-state index contributed by atoms with van der Waals surface area (Å²) in [6.07, 6.45) is 8.01. The minimum Gasteiger partial charge on any atom is -0.411 e. The van der Waals surface area contributed by atoms with Crippen molar-refractivity contribution in [3.05, 3.63) is 23.8 Å². The van der Waals surface area contributed by atoms with Gasteiger partial charge in [0.15, 0.2) is 0 Å². The van der Waals surface area contributed by atoms with E-state index in [9.17, 15) is 0 Å². The van der Waals surface area contributed by atoms with Crippen molar-refractivity contribution in [1.82, 2.24) is 0 Å². The first-order chi connectivity index (χ1) is 6.85. The molecule has 3 nitrogen and oxygen atoms in total. The minimum atomic E-state index is 0. The van der Waals surface area contributed by atoms with Gasteiger partial charge >= 0.3 is 0 Å². The van der Waals surface area contributed by atoms with Crippen LogP contribution in [0.4, 0.5) is 0 Å². The van der Waals surface area contributed by atoms with Gasteiger partial charge in [0.25, 0.3) is 0 Å². The maximum absolute atomic E-state index is 9.01. The zero-order chi connectivity index (χ0) is 9.71. The molecule has 81 valence electrons. The fraction of sp³-hybridized carbons (Fsp3) is 0.545. The second-order valence-electron chi connectivity index (χ2n) is 4.43. The molecule has 1 fully saturated rings. The van der Waals surface area contributed by atoms with Gasteiger partial charge in [0.1, 0.15) is 0 Å². The summed E-state index contributed by atoms with van der Waals surface area (Å²) in [6.45, 7) is 0.492. The Morgan fingerprint density at radius 3 is 2.80 bits per heavy atom. The van der Waals surface area contributed by atoms with Crippen molar-refractivity contribution in [2.24, 2.45) is 34.6 Å². The predicted molar refractivity (Wildman–Crippen MR) is 54.1 cm³/mol. The normalized spacial score (nSPS) is 43.0. The quantitative estimate of drug-likeness (QED) is 0.410. The maximum Gasteiger partial charge on any atom is 0.0880 e. The molecule has 1 radical (unpaired) electrons. The molecule has 0 aromatic rings. The van der Waals surface area contributed by atoms with Gasteiger partial charge in [-0.3, -0.25) is 0 Å². The molecule has 0 aliphatic heterocycles. The van der Waals surface area contributed by atoms with Crippen molar-refractivity contribution >= 4 is 5.71 Å². The number of hydrogen-bond donors (Lipinski definition) is 2. The molecule has 3 aliphatic carbocycles. The van der Waals surface area contributed by atoms with Crippen LogP contribution in [0.1, 0.15) is 6.42 Å². The van der Waals surface area contributed by atoms with Crippen LogP contribution in [0.25, 0.3) is 0 Å². The number of nitrogens with two attached hydrogens (primary N) is 1. The molecule has 3 rings (SSSR count). The first-order valence-corrected chi connectivity index (χ1v) is 5.16. The molecule has 0 aromatic heterocycles. The van der Waals surface area contributed by atoms with Crippen LogP contribution in [0.15, 0.2) is 29.0 Å². The van der Waals surface area contributed by atoms with Crippen LogP contribution in [-0.4, -0.2) is 17.5 Å². The van der Waals surface area contributed by atoms with Gasteiger partial charge in [-0.25, -0.2) is 0 Å². The average Bonchev–Trinajstić information content (AvgIpc) is 2.87. The van der Waals surface area contributed by atoms with E-state index in [0.29, 0.717) is 30.2 Å². The minimum absolute atomic E-state index is 0. The summed E-state index contributed by atoms with van der Waals surface area (Å²) in [5.74, 6) is 2.20. The Morgan fingerprint density at radius 1 is 1.40 bits per heavy atom. The van der Waals surface area contributed by atoms with E-state index in [4.69, 9.17) is 10.9 Å². The van der Waals surface area contributed by atoms with E-state index in [0.717, 1.165) is 11.3 Å². The van der Waals surface area contributed by atoms with Crippen molar-refractivity contribution in [3.63, 3.8) is 0 Å². The number of fused-ring (bicyclic) bond motifs is 5. The third-order valence-electron chi connectivity index (χ3n) is 3.89. The molecular weight excluding hydrogens is 362 g/mol. The molecule has 15 heavy (non-hydrogen) atoms. The van der Waals surface area contributed by atoms with Gasteiger partial charge < -0.3 is 10.9 Å². The third-order valence-corrected chi connectivity index (χ3v) is 3.89. The van der Waals surface area contributed by atoms with E-state index in [2.05, 4.69) is 23.4 Å². The molecule has 0 heterocycles. The molecule has 4 heteroatoms. The zero-order valence-corrected chi connectivity index (χ0v) is 11.0. The van der Waals surface area contributed by atoms with Crippen LogP contribution in [-0.2, 0) is 20.4 Å². The van der Waals surface area contributed by atoms with E-state index in [1.807, 2.05) is 0 Å². The summed E-state index contributed by atoms with van der Waals surface area (Å²) in [7, 11) is 0. The average molecular weight is 376 g/mol. The number of oxime groups is 1. The van der Waals surface area contributed by atoms with Crippen LogP contribution in [0.5, 0.6) is 0 Å². The molecule has 0 aromatic carbocycles. The van der Waals surface area contributed by atoms with Crippen molar-refractivity contribution < 1.29 is 25.6 Å². The fourth-order valence-corrected chi connectivity index (χ4v) is 3.31. The zero-order valence-electron chi connectivity index (χ0n) is 8.31. The van der Waals surface area contributed by atoms with Crippen molar-refractivity contribution in [1.29, 1.82) is 0 Å². The Bertz CT molecular complexity index is 362. The molecule has 1 saturated carbocycles. The smallest absolute Gasteiger partial charge is 0.0880 e. The summed E-state index contributed by atoms with van der Waals surface area (Å²) >= 11 is 0. The molecule has 3 aliphatic rings. The van der Waals surface area contributed by atoms with Gasteiger partial charge in [-0.1, -0.05) is 23.4 Å². The van der Waals surface area contributed by atoms with E-state index >= 15 is 0 Å². The first-order valence-electron chi connectivity index (χ1n) is 5.16. The Morgan fingerprint density at radius 2 is 2.13 bits per heavy atom. The molecule has 0 saturated heterocycles. The number of hydrogen-bond acceptors (Lipinski definition) is 3. The molecule has 2 bridgehead atoms. The Labute approximate surface area is 103 Å². The summed E-state index contributed by atoms with van der Waals surface area (Å²) in [6, 6.07) is 0. The van der Waals surface area contributed by atoms with E-state index in [1.54, 1.807) is 0 Å². The molecule has 0 spiro atoms. The third kappa shape index (κ3) is 1.36. The van der Waals surface area contributed by atoms with Crippen LogP contribution in [0, 0.1) is 23.7 Å². The van der Waals surface area contributed by atoms with Crippen LogP contribution in [0.2, 0.25) is 0 Å². The van der Waals surface area contributed by atoms with E-state index in [1.165, 1.54) is 6.42 Å². The standard InChI is InChI=1S/C11H14N2O.Re/c12-5-8-4-9-6-1-2-7(3-6)10(9)11(8)13-14;/h1-2,4,6-7,9-10,14H,3,5,12H2;/b13-11+;. The second-order valence-corrected chi connectivity index (χ2v) is 4.43. The van der Waals surface area contributed by atoms with Crippen molar-refractivity contribution in [3.8, 4) is 0 Å². The molecule has 4 atom stereocenters. The summed E-state index contributed by atoms with van der Waals surface area (Å²) in [5, 5.41) is 12.4. The van der Waals surface area contributed by atoms with E-state index < -0.39 is 0 Å². The number of rotatable bonds is 1. The monoisotopic (exact) mass is 377 g/mol. The van der Waals surface area contributed by atoms with Crippen LogP contribution in [0.3, 0.4) is 0 Å². The number of nitrogens with zero attached hydrogens (tertiary/aromatic N) is 1. The summed E-state index contributed by atoms with van der Waals surface area (Å²) in [5.41, 5.74) is 7.52. The summed E-state index contributed by atoms with van der Waals surface area (Å²) < 4.78 is 0. The van der Waals surface area contributed by atoms with Crippen molar-refractivity contribution in [2.75, 3.05) is 6.54 Å². The largest absolute Gasteiger partial charge is 0.411 e. The van der Waals surface area contributed by atoms with Crippen LogP contribution >= 0.6 is 0 Å². The topological polar surface area (TPSA) is 58.6 Å². The SMILES string of the molecule is NCC1=CC2C3C=CC(C3)C2/C1=N/O.[Re]. The number of allylic oxidation sites excluding steroid dienone is 3. The molecule has 0 amide bonds. The van der Waals surface area contributed by atoms with Crippen LogP contribution < -0.4 is 5.73 Å². The van der Waals surface area contributed by atoms with Gasteiger partial charge in [-0.15, -0.1) is 0 Å². The Kier molecular flexibility index (Phi) is 2.85. The van der Waals surface area contributed by atoms with Gasteiger partial charge in [0.2, 0.25) is 0 Å². The fourth-order valence-electron chi connectivity index (χ4n) is 3.31. The van der Waals surface area contributed by atoms with Gasteiger partial charge in [-0.2, -0.15) is 0 Å². The Hall–Kier alpha value is -0.428. The van der Waals surface area contributed by atoms with Gasteiger partial charge in [0, 0.05) is 32.9 Å².